The molecule has 1 fully saturated rings. The fourth-order valence-electron chi connectivity index (χ4n) is 2.18. The first-order chi connectivity index (χ1) is 8.52. The average molecular weight is 274 g/mol. The lowest BCUT2D eigenvalue weighted by Crippen LogP contribution is -2.42. The zero-order chi connectivity index (χ0) is 13.5. The molecule has 18 heavy (non-hydrogen) atoms. The molecule has 0 aromatic rings. The summed E-state index contributed by atoms with van der Waals surface area (Å²) in [5.74, 6) is 0.408. The molecule has 2 amide bonds. The molecule has 1 saturated carbocycles. The minimum Gasteiger partial charge on any atom is -0.481 e. The average Bonchev–Trinajstić information content (AvgIpc) is 2.75. The van der Waals surface area contributed by atoms with E-state index >= 15 is 0 Å². The second-order valence-corrected chi connectivity index (χ2v) is 5.87. The van der Waals surface area contributed by atoms with Gasteiger partial charge in [0.2, 0.25) is 0 Å². The van der Waals surface area contributed by atoms with Crippen molar-refractivity contribution in [1.29, 1.82) is 0 Å². The molecule has 0 aromatic carbocycles. The van der Waals surface area contributed by atoms with E-state index < -0.39 is 5.97 Å². The Kier molecular flexibility index (Phi) is 6.32. The van der Waals surface area contributed by atoms with E-state index in [4.69, 9.17) is 5.11 Å². The molecule has 0 radical (unpaired) electrons. The molecule has 104 valence electrons. The van der Waals surface area contributed by atoms with Crippen molar-refractivity contribution in [3.63, 3.8) is 0 Å². The highest BCUT2D eigenvalue weighted by Crippen LogP contribution is 2.25. The zero-order valence-electron chi connectivity index (χ0n) is 10.9. The Morgan fingerprint density at radius 1 is 1.44 bits per heavy atom. The highest BCUT2D eigenvalue weighted by Gasteiger charge is 2.30. The van der Waals surface area contributed by atoms with Crippen molar-refractivity contribution in [2.24, 2.45) is 11.8 Å². The Bertz CT molecular complexity index is 299. The summed E-state index contributed by atoms with van der Waals surface area (Å²) >= 11 is 1.76. The number of hydrogen-bond donors (Lipinski definition) is 3. The van der Waals surface area contributed by atoms with E-state index in [2.05, 4.69) is 17.6 Å². The first kappa shape index (κ1) is 15.1. The quantitative estimate of drug-likeness (QED) is 0.686. The van der Waals surface area contributed by atoms with Gasteiger partial charge in [0.05, 0.1) is 5.92 Å². The van der Waals surface area contributed by atoms with Crippen LogP contribution in [0, 0.1) is 11.8 Å². The van der Waals surface area contributed by atoms with Gasteiger partial charge in [-0.05, 0) is 37.2 Å². The van der Waals surface area contributed by atoms with Gasteiger partial charge in [-0.3, -0.25) is 4.79 Å². The molecule has 1 unspecified atom stereocenters. The lowest BCUT2D eigenvalue weighted by atomic mass is 10.1. The third-order valence-corrected chi connectivity index (χ3v) is 4.08. The number of carbonyl (C=O) groups excluding carboxylic acids is 1. The molecule has 1 rings (SSSR count). The van der Waals surface area contributed by atoms with E-state index in [0.717, 1.165) is 12.2 Å². The van der Waals surface area contributed by atoms with Crippen LogP contribution < -0.4 is 10.6 Å². The van der Waals surface area contributed by atoms with Crippen LogP contribution in [0.5, 0.6) is 0 Å². The first-order valence-corrected chi connectivity index (χ1v) is 7.68. The maximum absolute atomic E-state index is 11.6. The number of thioether (sulfide) groups is 1. The number of nitrogens with one attached hydrogen (secondary N) is 2. The maximum Gasteiger partial charge on any atom is 0.315 e. The van der Waals surface area contributed by atoms with E-state index in [1.54, 1.807) is 11.8 Å². The first-order valence-electron chi connectivity index (χ1n) is 6.29. The Balaban J connectivity index is 2.19. The molecule has 0 aromatic heterocycles. The van der Waals surface area contributed by atoms with Crippen molar-refractivity contribution in [1.82, 2.24) is 10.6 Å². The number of urea groups is 1. The molecule has 0 bridgehead atoms. The number of carboxylic acids is 1. The Morgan fingerprint density at radius 2 is 2.17 bits per heavy atom. The van der Waals surface area contributed by atoms with Gasteiger partial charge in [0, 0.05) is 12.6 Å². The number of carbonyl (C=O) groups is 2. The number of hydrogen-bond acceptors (Lipinski definition) is 3. The molecule has 1 aliphatic carbocycles. The molecule has 0 spiro atoms. The predicted octanol–water partition coefficient (Wildman–Crippen LogP) is 1.54. The predicted molar refractivity (Wildman–Crippen MR) is 72.8 cm³/mol. The van der Waals surface area contributed by atoms with Gasteiger partial charge in [0.25, 0.3) is 0 Å². The Hall–Kier alpha value is -0.910. The fourth-order valence-corrected chi connectivity index (χ4v) is 2.87. The number of rotatable bonds is 6. The molecular weight excluding hydrogens is 252 g/mol. The van der Waals surface area contributed by atoms with Gasteiger partial charge >= 0.3 is 12.0 Å². The van der Waals surface area contributed by atoms with Gasteiger partial charge in [0.1, 0.15) is 0 Å². The SMILES string of the molecule is CSCC(C)CNC(=O)N[C@H]1CC[C@@H](C(=O)O)C1. The minimum atomic E-state index is -0.756. The molecule has 0 heterocycles. The second kappa shape index (κ2) is 7.51. The van der Waals surface area contributed by atoms with Crippen LogP contribution in [0.3, 0.4) is 0 Å². The summed E-state index contributed by atoms with van der Waals surface area (Å²) in [6, 6.07) is -0.180. The van der Waals surface area contributed by atoms with E-state index in [0.29, 0.717) is 25.3 Å². The number of carboxylic acid groups (broad SMARTS) is 1. The van der Waals surface area contributed by atoms with Gasteiger partial charge in [-0.25, -0.2) is 4.79 Å². The highest BCUT2D eigenvalue weighted by atomic mass is 32.2. The summed E-state index contributed by atoms with van der Waals surface area (Å²) in [5.41, 5.74) is 0. The second-order valence-electron chi connectivity index (χ2n) is 4.96. The summed E-state index contributed by atoms with van der Waals surface area (Å²) in [7, 11) is 0. The van der Waals surface area contributed by atoms with Crippen LogP contribution in [0.2, 0.25) is 0 Å². The Morgan fingerprint density at radius 3 is 2.72 bits per heavy atom. The summed E-state index contributed by atoms with van der Waals surface area (Å²) in [4.78, 5) is 22.4. The lowest BCUT2D eigenvalue weighted by molar-refractivity contribution is -0.141. The molecule has 3 N–H and O–H groups in total. The van der Waals surface area contributed by atoms with Crippen LogP contribution in [-0.2, 0) is 4.79 Å². The third-order valence-electron chi connectivity index (χ3n) is 3.18. The monoisotopic (exact) mass is 274 g/mol. The molecule has 3 atom stereocenters. The summed E-state index contributed by atoms with van der Waals surface area (Å²) < 4.78 is 0. The lowest BCUT2D eigenvalue weighted by Gasteiger charge is -2.15. The van der Waals surface area contributed by atoms with E-state index in [9.17, 15) is 9.59 Å². The Labute approximate surface area is 112 Å². The third kappa shape index (κ3) is 5.16. The van der Waals surface area contributed by atoms with E-state index in [1.165, 1.54) is 0 Å². The zero-order valence-corrected chi connectivity index (χ0v) is 11.8. The fraction of sp³-hybridized carbons (Fsp3) is 0.833. The van der Waals surface area contributed by atoms with Gasteiger partial charge < -0.3 is 15.7 Å². The minimum absolute atomic E-state index is 0.00181. The van der Waals surface area contributed by atoms with Crippen LogP contribution in [0.1, 0.15) is 26.2 Å². The summed E-state index contributed by atoms with van der Waals surface area (Å²) in [5, 5.41) is 14.5. The van der Waals surface area contributed by atoms with Crippen LogP contribution in [-0.4, -0.2) is 41.7 Å². The summed E-state index contributed by atoms with van der Waals surface area (Å²) in [6.45, 7) is 2.74. The molecule has 0 aliphatic heterocycles. The largest absolute Gasteiger partial charge is 0.481 e. The normalized spacial score (nSPS) is 24.6. The van der Waals surface area contributed by atoms with Crippen molar-refractivity contribution in [3.8, 4) is 0 Å². The van der Waals surface area contributed by atoms with Crippen molar-refractivity contribution < 1.29 is 14.7 Å². The smallest absolute Gasteiger partial charge is 0.315 e. The van der Waals surface area contributed by atoms with Gasteiger partial charge in [-0.2, -0.15) is 11.8 Å². The highest BCUT2D eigenvalue weighted by molar-refractivity contribution is 7.98. The van der Waals surface area contributed by atoms with Gasteiger partial charge in [0.15, 0.2) is 0 Å². The van der Waals surface area contributed by atoms with Crippen LogP contribution in [0.4, 0.5) is 4.79 Å². The van der Waals surface area contributed by atoms with Crippen LogP contribution in [0.25, 0.3) is 0 Å². The molecule has 5 nitrogen and oxygen atoms in total. The van der Waals surface area contributed by atoms with Crippen molar-refractivity contribution in [2.45, 2.75) is 32.2 Å². The van der Waals surface area contributed by atoms with E-state index in [1.807, 2.05) is 6.26 Å². The van der Waals surface area contributed by atoms with Crippen LogP contribution >= 0.6 is 11.8 Å². The summed E-state index contributed by atoms with van der Waals surface area (Å²) in [6.07, 6.45) is 4.00. The van der Waals surface area contributed by atoms with E-state index in [-0.39, 0.29) is 18.0 Å². The molecule has 1 aliphatic rings. The molecular formula is C12H22N2O3S. The van der Waals surface area contributed by atoms with Crippen molar-refractivity contribution in [3.05, 3.63) is 0 Å². The van der Waals surface area contributed by atoms with Gasteiger partial charge in [-0.1, -0.05) is 6.92 Å². The molecule has 0 saturated heterocycles. The van der Waals surface area contributed by atoms with Crippen LogP contribution in [0.15, 0.2) is 0 Å². The van der Waals surface area contributed by atoms with Gasteiger partial charge in [-0.15, -0.1) is 0 Å². The standard InChI is InChI=1S/C12H22N2O3S/c1-8(7-18-2)6-13-12(17)14-10-4-3-9(5-10)11(15)16/h8-10H,3-7H2,1-2H3,(H,15,16)(H2,13,14,17)/t8?,9-,10+/m1/s1. The topological polar surface area (TPSA) is 78.4 Å². The van der Waals surface area contributed by atoms with Crippen molar-refractivity contribution >= 4 is 23.8 Å². The van der Waals surface area contributed by atoms with Crippen molar-refractivity contribution in [2.75, 3.05) is 18.6 Å². The maximum atomic E-state index is 11.6. The molecule has 6 heteroatoms. The number of amides is 2. The number of aliphatic carboxylic acids is 1.